The summed E-state index contributed by atoms with van der Waals surface area (Å²) in [5.74, 6) is 1.96. The first kappa shape index (κ1) is 12.1. The maximum absolute atomic E-state index is 11.1. The van der Waals surface area contributed by atoms with E-state index in [2.05, 4.69) is 10.9 Å². The third kappa shape index (κ3) is 2.31. The Bertz CT molecular complexity index is 435. The highest BCUT2D eigenvalue weighted by Gasteiger charge is 2.18. The van der Waals surface area contributed by atoms with E-state index in [0.29, 0.717) is 24.5 Å². The number of rotatable bonds is 4. The molecule has 4 nitrogen and oxygen atoms in total. The molecule has 0 aromatic carbocycles. The van der Waals surface area contributed by atoms with Gasteiger partial charge < -0.3 is 10.0 Å². The summed E-state index contributed by atoms with van der Waals surface area (Å²) in [6.07, 6.45) is 6.83. The third-order valence-corrected chi connectivity index (χ3v) is 2.32. The summed E-state index contributed by atoms with van der Waals surface area (Å²) in [5, 5.41) is 9.14. The van der Waals surface area contributed by atoms with Crippen LogP contribution in [0.5, 0.6) is 0 Å². The molecule has 0 saturated carbocycles. The topological polar surface area (TPSA) is 53.4 Å². The Morgan fingerprint density at radius 1 is 1.69 bits per heavy atom. The van der Waals surface area contributed by atoms with E-state index in [1.807, 2.05) is 6.92 Å². The van der Waals surface area contributed by atoms with Gasteiger partial charge in [-0.2, -0.15) is 0 Å². The van der Waals surface area contributed by atoms with Crippen LogP contribution >= 0.6 is 0 Å². The standard InChI is InChI=1S/C12H14N2O2/c1-4-8-14(5-2)11-10(12(15)16)9(3)6-7-13-11/h1,6-7H,5,8H2,2-3H3,(H,15,16). The zero-order valence-electron chi connectivity index (χ0n) is 9.40. The molecule has 4 heteroatoms. The predicted molar refractivity (Wildman–Crippen MR) is 62.7 cm³/mol. The van der Waals surface area contributed by atoms with Gasteiger partial charge in [-0.15, -0.1) is 6.42 Å². The number of pyridine rings is 1. The Kier molecular flexibility index (Phi) is 3.90. The number of carbonyl (C=O) groups is 1. The Morgan fingerprint density at radius 2 is 2.38 bits per heavy atom. The van der Waals surface area contributed by atoms with E-state index in [9.17, 15) is 4.79 Å². The lowest BCUT2D eigenvalue weighted by Crippen LogP contribution is -2.26. The number of aromatic carboxylic acids is 1. The number of nitrogens with zero attached hydrogens (tertiary/aromatic N) is 2. The molecule has 84 valence electrons. The van der Waals surface area contributed by atoms with Crippen LogP contribution in [0.4, 0.5) is 5.82 Å². The summed E-state index contributed by atoms with van der Waals surface area (Å²) in [6.45, 7) is 4.64. The highest BCUT2D eigenvalue weighted by molar-refractivity contribution is 5.95. The third-order valence-electron chi connectivity index (χ3n) is 2.32. The summed E-state index contributed by atoms with van der Waals surface area (Å²) in [5.41, 5.74) is 0.910. The zero-order chi connectivity index (χ0) is 12.1. The van der Waals surface area contributed by atoms with E-state index >= 15 is 0 Å². The first-order chi connectivity index (χ1) is 7.61. The Morgan fingerprint density at radius 3 is 2.88 bits per heavy atom. The van der Waals surface area contributed by atoms with E-state index < -0.39 is 5.97 Å². The average molecular weight is 218 g/mol. The number of hydrogen-bond acceptors (Lipinski definition) is 3. The van der Waals surface area contributed by atoms with Gasteiger partial charge in [0, 0.05) is 12.7 Å². The second kappa shape index (κ2) is 5.17. The predicted octanol–water partition coefficient (Wildman–Crippen LogP) is 1.55. The molecule has 0 atom stereocenters. The van der Waals surface area contributed by atoms with Crippen molar-refractivity contribution in [1.82, 2.24) is 4.98 Å². The highest BCUT2D eigenvalue weighted by Crippen LogP contribution is 2.20. The van der Waals surface area contributed by atoms with Crippen molar-refractivity contribution in [3.05, 3.63) is 23.4 Å². The molecule has 0 spiro atoms. The van der Waals surface area contributed by atoms with Crippen molar-refractivity contribution in [2.24, 2.45) is 0 Å². The smallest absolute Gasteiger partial charge is 0.339 e. The van der Waals surface area contributed by atoms with Crippen molar-refractivity contribution in [3.8, 4) is 12.3 Å². The van der Waals surface area contributed by atoms with Crippen LogP contribution in [-0.2, 0) is 0 Å². The first-order valence-electron chi connectivity index (χ1n) is 4.99. The molecule has 0 amide bonds. The normalized spacial score (nSPS) is 9.56. The van der Waals surface area contributed by atoms with Gasteiger partial charge in [0.05, 0.1) is 6.54 Å². The quantitative estimate of drug-likeness (QED) is 0.779. The van der Waals surface area contributed by atoms with Crippen molar-refractivity contribution in [1.29, 1.82) is 0 Å². The fraction of sp³-hybridized carbons (Fsp3) is 0.333. The molecule has 0 radical (unpaired) electrons. The molecule has 0 unspecified atom stereocenters. The molecule has 0 aliphatic carbocycles. The van der Waals surface area contributed by atoms with E-state index in [1.54, 1.807) is 24.1 Å². The van der Waals surface area contributed by atoms with Gasteiger partial charge in [-0.1, -0.05) is 5.92 Å². The minimum Gasteiger partial charge on any atom is -0.478 e. The Balaban J connectivity index is 3.27. The van der Waals surface area contributed by atoms with Gasteiger partial charge >= 0.3 is 5.97 Å². The van der Waals surface area contributed by atoms with Crippen molar-refractivity contribution in [2.75, 3.05) is 18.0 Å². The van der Waals surface area contributed by atoms with Crippen LogP contribution in [0.25, 0.3) is 0 Å². The Labute approximate surface area is 94.9 Å². The molecule has 1 aromatic rings. The maximum Gasteiger partial charge on any atom is 0.339 e. The molecule has 16 heavy (non-hydrogen) atoms. The van der Waals surface area contributed by atoms with E-state index in [-0.39, 0.29) is 5.56 Å². The average Bonchev–Trinajstić information content (AvgIpc) is 2.25. The summed E-state index contributed by atoms with van der Waals surface area (Å²) < 4.78 is 0. The summed E-state index contributed by atoms with van der Waals surface area (Å²) in [4.78, 5) is 17.0. The fourth-order valence-corrected chi connectivity index (χ4v) is 1.49. The van der Waals surface area contributed by atoms with Crippen LogP contribution in [-0.4, -0.2) is 29.1 Å². The van der Waals surface area contributed by atoms with Gasteiger partial charge in [-0.05, 0) is 25.5 Å². The minimum atomic E-state index is -0.976. The molecular formula is C12H14N2O2. The SMILES string of the molecule is C#CCN(CC)c1nccc(C)c1C(=O)O. The number of carboxylic acid groups (broad SMARTS) is 1. The zero-order valence-corrected chi connectivity index (χ0v) is 9.40. The Hall–Kier alpha value is -2.02. The van der Waals surface area contributed by atoms with Crippen molar-refractivity contribution in [2.45, 2.75) is 13.8 Å². The highest BCUT2D eigenvalue weighted by atomic mass is 16.4. The molecule has 0 fully saturated rings. The summed E-state index contributed by atoms with van der Waals surface area (Å²) in [7, 11) is 0. The lowest BCUT2D eigenvalue weighted by Gasteiger charge is -2.21. The van der Waals surface area contributed by atoms with Gasteiger partial charge in [0.25, 0.3) is 0 Å². The molecule has 1 N–H and O–H groups in total. The fourth-order valence-electron chi connectivity index (χ4n) is 1.49. The number of aromatic nitrogens is 1. The monoisotopic (exact) mass is 218 g/mol. The van der Waals surface area contributed by atoms with Crippen LogP contribution in [0.1, 0.15) is 22.8 Å². The van der Waals surface area contributed by atoms with Crippen LogP contribution in [0, 0.1) is 19.3 Å². The van der Waals surface area contributed by atoms with Crippen molar-refractivity contribution in [3.63, 3.8) is 0 Å². The molecule has 1 heterocycles. The first-order valence-corrected chi connectivity index (χ1v) is 4.99. The number of hydrogen-bond donors (Lipinski definition) is 1. The van der Waals surface area contributed by atoms with Gasteiger partial charge in [-0.25, -0.2) is 9.78 Å². The van der Waals surface area contributed by atoms with Crippen LogP contribution < -0.4 is 4.90 Å². The molecule has 0 saturated heterocycles. The number of carboxylic acids is 1. The molecule has 0 aliphatic heterocycles. The second-order valence-electron chi connectivity index (χ2n) is 3.35. The van der Waals surface area contributed by atoms with Gasteiger partial charge in [0.15, 0.2) is 0 Å². The van der Waals surface area contributed by atoms with Crippen LogP contribution in [0.2, 0.25) is 0 Å². The summed E-state index contributed by atoms with van der Waals surface area (Å²) >= 11 is 0. The minimum absolute atomic E-state index is 0.222. The lowest BCUT2D eigenvalue weighted by atomic mass is 10.1. The van der Waals surface area contributed by atoms with E-state index in [4.69, 9.17) is 11.5 Å². The van der Waals surface area contributed by atoms with Crippen LogP contribution in [0.3, 0.4) is 0 Å². The van der Waals surface area contributed by atoms with Gasteiger partial charge in [0.2, 0.25) is 0 Å². The number of terminal acetylenes is 1. The van der Waals surface area contributed by atoms with Crippen molar-refractivity contribution >= 4 is 11.8 Å². The maximum atomic E-state index is 11.1. The van der Waals surface area contributed by atoms with Crippen molar-refractivity contribution < 1.29 is 9.90 Å². The van der Waals surface area contributed by atoms with Gasteiger partial charge in [0.1, 0.15) is 11.4 Å². The number of aryl methyl sites for hydroxylation is 1. The summed E-state index contributed by atoms with van der Waals surface area (Å²) in [6, 6.07) is 1.68. The molecule has 0 bridgehead atoms. The second-order valence-corrected chi connectivity index (χ2v) is 3.35. The van der Waals surface area contributed by atoms with Gasteiger partial charge in [-0.3, -0.25) is 0 Å². The lowest BCUT2D eigenvalue weighted by molar-refractivity contribution is 0.0696. The molecular weight excluding hydrogens is 204 g/mol. The molecule has 1 aromatic heterocycles. The van der Waals surface area contributed by atoms with E-state index in [1.165, 1.54) is 0 Å². The van der Waals surface area contributed by atoms with Crippen LogP contribution in [0.15, 0.2) is 12.3 Å². The molecule has 0 aliphatic rings. The molecule has 1 rings (SSSR count). The van der Waals surface area contributed by atoms with E-state index in [0.717, 1.165) is 0 Å². The largest absolute Gasteiger partial charge is 0.478 e. The number of anilines is 1.